The molecule has 11 nitrogen and oxygen atoms in total. The molecular formula is C32H28F4N6O5. The Morgan fingerprint density at radius 3 is 2.28 bits per heavy atom. The number of aromatic nitrogens is 4. The summed E-state index contributed by atoms with van der Waals surface area (Å²) >= 11 is 0. The first-order chi connectivity index (χ1) is 22.4. The highest BCUT2D eigenvalue weighted by Crippen LogP contribution is 2.29. The van der Waals surface area contributed by atoms with Crippen LogP contribution in [0, 0.1) is 5.82 Å². The topological polar surface area (TPSA) is 146 Å². The predicted molar refractivity (Wildman–Crippen MR) is 163 cm³/mol. The van der Waals surface area contributed by atoms with Gasteiger partial charge in [0.15, 0.2) is 11.2 Å². The maximum absolute atomic E-state index is 15.7. The molecule has 15 heteroatoms. The number of nitrogens with zero attached hydrogens (tertiary/aromatic N) is 5. The summed E-state index contributed by atoms with van der Waals surface area (Å²) in [6, 6.07) is 19.5. The highest BCUT2D eigenvalue weighted by atomic mass is 19.4. The molecule has 3 heterocycles. The molecule has 1 aliphatic rings. The Kier molecular flexibility index (Phi) is 9.37. The minimum absolute atomic E-state index is 0.000835. The zero-order valence-corrected chi connectivity index (χ0v) is 24.9. The number of aliphatic carboxylic acids is 1. The summed E-state index contributed by atoms with van der Waals surface area (Å²) < 4.78 is 55.0. The van der Waals surface area contributed by atoms with Gasteiger partial charge in [0, 0.05) is 6.54 Å². The number of methoxy groups -OCH3 is 1. The summed E-state index contributed by atoms with van der Waals surface area (Å²) in [7, 11) is 1.54. The van der Waals surface area contributed by atoms with Crippen LogP contribution in [0.1, 0.15) is 28.9 Å². The monoisotopic (exact) mass is 652 g/mol. The highest BCUT2D eigenvalue weighted by Gasteiger charge is 2.38. The van der Waals surface area contributed by atoms with E-state index in [-0.39, 0.29) is 22.4 Å². The fourth-order valence-electron chi connectivity index (χ4n) is 5.25. The molecule has 5 aromatic rings. The van der Waals surface area contributed by atoms with Crippen molar-refractivity contribution in [3.63, 3.8) is 0 Å². The second-order valence-electron chi connectivity index (χ2n) is 10.5. The molecule has 1 amide bonds. The van der Waals surface area contributed by atoms with E-state index >= 15 is 4.39 Å². The summed E-state index contributed by atoms with van der Waals surface area (Å²) in [5, 5.41) is 11.4. The van der Waals surface area contributed by atoms with Crippen LogP contribution in [0.25, 0.3) is 33.5 Å². The molecule has 0 saturated carbocycles. The Morgan fingerprint density at radius 2 is 1.68 bits per heavy atom. The van der Waals surface area contributed by atoms with E-state index in [4.69, 9.17) is 20.4 Å². The van der Waals surface area contributed by atoms with Crippen LogP contribution in [0.5, 0.6) is 5.75 Å². The van der Waals surface area contributed by atoms with Gasteiger partial charge in [-0.2, -0.15) is 18.3 Å². The number of hydrogen-bond acceptors (Lipinski definition) is 7. The van der Waals surface area contributed by atoms with Crippen LogP contribution in [-0.4, -0.2) is 67.6 Å². The van der Waals surface area contributed by atoms with Crippen LogP contribution in [0.4, 0.5) is 17.6 Å². The number of carbonyl (C=O) groups is 2. The quantitative estimate of drug-likeness (QED) is 0.241. The van der Waals surface area contributed by atoms with Gasteiger partial charge < -0.3 is 15.6 Å². The number of carboxylic acid groups (broad SMARTS) is 1. The highest BCUT2D eigenvalue weighted by molar-refractivity contribution is 6.02. The third-order valence-corrected chi connectivity index (χ3v) is 7.51. The van der Waals surface area contributed by atoms with Crippen LogP contribution in [0.3, 0.4) is 0 Å². The second kappa shape index (κ2) is 13.4. The number of primary amides is 1. The Bertz CT molecular complexity index is 2000. The molecule has 0 bridgehead atoms. The van der Waals surface area contributed by atoms with Crippen molar-refractivity contribution in [2.24, 2.45) is 5.73 Å². The molecule has 3 aromatic carbocycles. The van der Waals surface area contributed by atoms with Crippen molar-refractivity contribution in [3.05, 3.63) is 100 Å². The standard InChI is InChI=1S/C30H27FN6O3.C2HF3O2/c1-40-22-11-9-21(10-12-22)37-28-26(27(34-37)29(32)38)33-18-36(30(28)39)25-13-8-19(16-24(25)31)23-7-3-2-6-20(23)17-35-14-4-5-15-35;3-2(4,5)1(6)7/h2-3,6-13,16,18H,4-5,14-15,17H2,1H3,(H2,32,38);(H,6,7). The van der Waals surface area contributed by atoms with E-state index in [9.17, 15) is 22.8 Å². The second-order valence-corrected chi connectivity index (χ2v) is 10.5. The number of likely N-dealkylation sites (tertiary alicyclic amines) is 1. The first-order valence-corrected chi connectivity index (χ1v) is 14.2. The SMILES string of the molecule is COc1ccc(-n2nc(C(N)=O)c3ncn(-c4ccc(-c5ccccc5CN5CCCC5)cc4F)c(=O)c32)cc1.O=C(O)C(F)(F)F. The van der Waals surface area contributed by atoms with E-state index in [0.717, 1.165) is 40.9 Å². The van der Waals surface area contributed by atoms with Crippen molar-refractivity contribution in [2.75, 3.05) is 20.2 Å². The van der Waals surface area contributed by atoms with Gasteiger partial charge in [0.25, 0.3) is 11.5 Å². The molecule has 0 aliphatic carbocycles. The number of rotatable bonds is 7. The lowest BCUT2D eigenvalue weighted by Gasteiger charge is -2.18. The molecular weight excluding hydrogens is 624 g/mol. The molecule has 244 valence electrons. The van der Waals surface area contributed by atoms with Gasteiger partial charge in [-0.15, -0.1) is 0 Å². The van der Waals surface area contributed by atoms with E-state index in [1.165, 1.54) is 37.0 Å². The fourth-order valence-corrected chi connectivity index (χ4v) is 5.25. The lowest BCUT2D eigenvalue weighted by atomic mass is 9.99. The number of carboxylic acids is 1. The van der Waals surface area contributed by atoms with E-state index in [0.29, 0.717) is 11.4 Å². The Balaban J connectivity index is 0.000000559. The zero-order valence-electron chi connectivity index (χ0n) is 24.9. The van der Waals surface area contributed by atoms with Gasteiger partial charge in [-0.1, -0.05) is 30.3 Å². The van der Waals surface area contributed by atoms with Crippen LogP contribution in [0.2, 0.25) is 0 Å². The number of nitrogens with two attached hydrogens (primary N) is 1. The van der Waals surface area contributed by atoms with Crippen molar-refractivity contribution in [1.29, 1.82) is 0 Å². The maximum atomic E-state index is 15.7. The summed E-state index contributed by atoms with van der Waals surface area (Å²) in [5.41, 5.74) is 8.13. The molecule has 0 spiro atoms. The van der Waals surface area contributed by atoms with Gasteiger partial charge in [-0.05, 0) is 79.0 Å². The van der Waals surface area contributed by atoms with E-state index < -0.39 is 29.4 Å². The van der Waals surface area contributed by atoms with Crippen molar-refractivity contribution >= 4 is 22.9 Å². The van der Waals surface area contributed by atoms with Crippen LogP contribution >= 0.6 is 0 Å². The summed E-state index contributed by atoms with van der Waals surface area (Å²) in [6.07, 6.45) is -1.51. The van der Waals surface area contributed by atoms with Crippen LogP contribution in [-0.2, 0) is 11.3 Å². The normalized spacial score (nSPS) is 13.3. The minimum Gasteiger partial charge on any atom is -0.497 e. The van der Waals surface area contributed by atoms with Gasteiger partial charge in [0.1, 0.15) is 23.4 Å². The third-order valence-electron chi connectivity index (χ3n) is 7.51. The van der Waals surface area contributed by atoms with Gasteiger partial charge in [-0.25, -0.2) is 18.9 Å². The molecule has 1 fully saturated rings. The average molecular weight is 653 g/mol. The summed E-state index contributed by atoms with van der Waals surface area (Å²) in [4.78, 5) is 41.4. The van der Waals surface area contributed by atoms with Crippen LogP contribution in [0.15, 0.2) is 77.9 Å². The number of alkyl halides is 3. The van der Waals surface area contributed by atoms with Gasteiger partial charge in [-0.3, -0.25) is 19.1 Å². The number of carbonyl (C=O) groups excluding carboxylic acids is 1. The average Bonchev–Trinajstić information content (AvgIpc) is 3.70. The smallest absolute Gasteiger partial charge is 0.490 e. The Hall–Kier alpha value is -5.57. The molecule has 3 N–H and O–H groups in total. The number of benzene rings is 3. The van der Waals surface area contributed by atoms with Gasteiger partial charge in [0.2, 0.25) is 0 Å². The van der Waals surface area contributed by atoms with Gasteiger partial charge >= 0.3 is 12.1 Å². The van der Waals surface area contributed by atoms with E-state index in [1.54, 1.807) is 36.4 Å². The lowest BCUT2D eigenvalue weighted by molar-refractivity contribution is -0.192. The van der Waals surface area contributed by atoms with Crippen molar-refractivity contribution < 1.29 is 37.0 Å². The predicted octanol–water partition coefficient (Wildman–Crippen LogP) is 4.71. The lowest BCUT2D eigenvalue weighted by Crippen LogP contribution is -2.22. The maximum Gasteiger partial charge on any atom is 0.490 e. The minimum atomic E-state index is -5.08. The summed E-state index contributed by atoms with van der Waals surface area (Å²) in [5.74, 6) is -3.56. The first kappa shape index (κ1) is 32.8. The third kappa shape index (κ3) is 6.99. The largest absolute Gasteiger partial charge is 0.497 e. The van der Waals surface area contributed by atoms with Gasteiger partial charge in [0.05, 0.1) is 18.5 Å². The molecule has 1 saturated heterocycles. The first-order valence-electron chi connectivity index (χ1n) is 14.2. The number of halogens is 4. The molecule has 1 aliphatic heterocycles. The Morgan fingerprint density at radius 1 is 1.02 bits per heavy atom. The van der Waals surface area contributed by atoms with E-state index in [2.05, 4.69) is 21.0 Å². The molecule has 0 radical (unpaired) electrons. The number of ether oxygens (including phenoxy) is 1. The molecule has 0 atom stereocenters. The zero-order chi connectivity index (χ0) is 33.9. The van der Waals surface area contributed by atoms with E-state index in [1.807, 2.05) is 18.2 Å². The van der Waals surface area contributed by atoms with Crippen molar-refractivity contribution in [1.82, 2.24) is 24.2 Å². The number of amides is 1. The number of fused-ring (bicyclic) bond motifs is 1. The Labute approximate surface area is 264 Å². The fraction of sp³-hybridized carbons (Fsp3) is 0.219. The van der Waals surface area contributed by atoms with Crippen LogP contribution < -0.4 is 16.0 Å². The van der Waals surface area contributed by atoms with Crippen molar-refractivity contribution in [3.8, 4) is 28.3 Å². The number of hydrogen-bond donors (Lipinski definition) is 2. The molecule has 0 unspecified atom stereocenters. The van der Waals surface area contributed by atoms with Crippen molar-refractivity contribution in [2.45, 2.75) is 25.6 Å². The summed E-state index contributed by atoms with van der Waals surface area (Å²) in [6.45, 7) is 2.92. The molecule has 6 rings (SSSR count). The molecule has 47 heavy (non-hydrogen) atoms. The molecule has 2 aromatic heterocycles.